The number of aromatic nitrogens is 1. The van der Waals surface area contributed by atoms with Crippen LogP contribution >= 0.6 is 0 Å². The summed E-state index contributed by atoms with van der Waals surface area (Å²) >= 11 is 0. The van der Waals surface area contributed by atoms with Gasteiger partial charge >= 0.3 is 0 Å². The van der Waals surface area contributed by atoms with Crippen molar-refractivity contribution in [3.05, 3.63) is 217 Å². The summed E-state index contributed by atoms with van der Waals surface area (Å²) in [7, 11) is 0. The van der Waals surface area contributed by atoms with Crippen LogP contribution in [-0.4, -0.2) is 4.98 Å². The summed E-state index contributed by atoms with van der Waals surface area (Å²) in [5.74, 6) is 0.794. The fraction of sp³-hybridized carbons (Fsp3) is 0.0192. The van der Waals surface area contributed by atoms with Gasteiger partial charge in [0.05, 0.1) is 11.1 Å². The molecule has 0 atom stereocenters. The van der Waals surface area contributed by atoms with Gasteiger partial charge in [-0.3, -0.25) is 4.90 Å². The monoisotopic (exact) mass is 700 g/mol. The quantitative estimate of drug-likeness (QED) is 0.183. The Morgan fingerprint density at radius 2 is 1.07 bits per heavy atom. The van der Waals surface area contributed by atoms with Gasteiger partial charge in [-0.1, -0.05) is 158 Å². The third-order valence-electron chi connectivity index (χ3n) is 11.9. The van der Waals surface area contributed by atoms with E-state index in [-0.39, 0.29) is 0 Å². The molecule has 2 aromatic heterocycles. The molecule has 0 saturated heterocycles. The van der Waals surface area contributed by atoms with E-state index in [1.54, 1.807) is 0 Å². The van der Waals surface area contributed by atoms with Gasteiger partial charge in [0.1, 0.15) is 17.0 Å². The van der Waals surface area contributed by atoms with Gasteiger partial charge in [-0.05, 0) is 85.1 Å². The molecule has 2 aliphatic carbocycles. The van der Waals surface area contributed by atoms with E-state index in [0.717, 1.165) is 39.1 Å². The first kappa shape index (κ1) is 30.3. The van der Waals surface area contributed by atoms with Gasteiger partial charge in [0.15, 0.2) is 0 Å². The van der Waals surface area contributed by atoms with Crippen LogP contribution in [0.3, 0.4) is 0 Å². The largest absolute Gasteiger partial charge is 0.456 e. The van der Waals surface area contributed by atoms with Crippen LogP contribution in [0.2, 0.25) is 0 Å². The second-order valence-corrected chi connectivity index (χ2v) is 14.6. The first-order valence-corrected chi connectivity index (χ1v) is 18.9. The van der Waals surface area contributed by atoms with E-state index >= 15 is 0 Å². The molecule has 12 rings (SSSR count). The van der Waals surface area contributed by atoms with Crippen LogP contribution in [0.15, 0.2) is 199 Å². The molecule has 0 aliphatic heterocycles. The Morgan fingerprint density at radius 1 is 0.455 bits per heavy atom. The molecule has 0 amide bonds. The molecule has 10 aromatic rings. The van der Waals surface area contributed by atoms with E-state index in [1.807, 2.05) is 6.20 Å². The third-order valence-corrected chi connectivity index (χ3v) is 11.9. The Kier molecular flexibility index (Phi) is 6.26. The molecule has 256 valence electrons. The summed E-state index contributed by atoms with van der Waals surface area (Å²) in [4.78, 5) is 7.60. The van der Waals surface area contributed by atoms with Gasteiger partial charge in [0.25, 0.3) is 0 Å². The summed E-state index contributed by atoms with van der Waals surface area (Å²) < 4.78 is 6.64. The smallest absolute Gasteiger partial charge is 0.141 e. The Morgan fingerprint density at radius 3 is 1.84 bits per heavy atom. The molecule has 8 aromatic carbocycles. The number of anilines is 3. The first-order valence-electron chi connectivity index (χ1n) is 18.9. The minimum atomic E-state index is -0.449. The number of nitrogens with zero attached hydrogens (tertiary/aromatic N) is 2. The summed E-state index contributed by atoms with van der Waals surface area (Å²) in [5, 5.41) is 4.46. The Labute approximate surface area is 318 Å². The van der Waals surface area contributed by atoms with Crippen molar-refractivity contribution in [1.82, 2.24) is 4.98 Å². The van der Waals surface area contributed by atoms with E-state index in [2.05, 4.69) is 193 Å². The van der Waals surface area contributed by atoms with Crippen LogP contribution in [-0.2, 0) is 5.41 Å². The number of hydrogen-bond acceptors (Lipinski definition) is 3. The predicted octanol–water partition coefficient (Wildman–Crippen LogP) is 13.6. The van der Waals surface area contributed by atoms with Crippen molar-refractivity contribution >= 4 is 49.9 Å². The maximum atomic E-state index is 6.64. The number of hydrogen-bond donors (Lipinski definition) is 0. The van der Waals surface area contributed by atoms with E-state index in [0.29, 0.717) is 0 Å². The van der Waals surface area contributed by atoms with Crippen LogP contribution < -0.4 is 4.90 Å². The second kappa shape index (κ2) is 11.4. The average molecular weight is 701 g/mol. The van der Waals surface area contributed by atoms with Crippen molar-refractivity contribution in [3.8, 4) is 33.4 Å². The van der Waals surface area contributed by atoms with E-state index in [4.69, 9.17) is 9.40 Å². The maximum absolute atomic E-state index is 6.64. The standard InChI is InChI=1S/C52H32N2O/c1-2-13-33(14-3-1)34-25-28-36(29-26-34)54(49-31-48-41(32-53-49)50-37-16-5-4-15-35(37)27-30-47(50)55-48)46-24-12-23-45-51(46)40-19-8-11-22-44(40)52(45)42-20-9-6-17-38(42)39-18-7-10-21-43(39)52/h1-32H. The molecular weight excluding hydrogens is 669 g/mol. The minimum absolute atomic E-state index is 0.449. The van der Waals surface area contributed by atoms with Gasteiger partial charge < -0.3 is 4.42 Å². The average Bonchev–Trinajstić information content (AvgIpc) is 3.89. The molecule has 0 unspecified atom stereocenters. The van der Waals surface area contributed by atoms with Crippen LogP contribution in [0.1, 0.15) is 22.3 Å². The van der Waals surface area contributed by atoms with E-state index in [9.17, 15) is 0 Å². The van der Waals surface area contributed by atoms with Gasteiger partial charge in [-0.2, -0.15) is 0 Å². The molecule has 1 spiro atoms. The highest BCUT2D eigenvalue weighted by molar-refractivity contribution is 6.19. The lowest BCUT2D eigenvalue weighted by Gasteiger charge is -2.31. The molecule has 2 heterocycles. The summed E-state index contributed by atoms with van der Waals surface area (Å²) in [6.07, 6.45) is 2.00. The number of pyridine rings is 1. The molecule has 2 aliphatic rings. The topological polar surface area (TPSA) is 29.3 Å². The van der Waals surface area contributed by atoms with Crippen LogP contribution in [0.4, 0.5) is 17.2 Å². The van der Waals surface area contributed by atoms with Crippen molar-refractivity contribution in [3.63, 3.8) is 0 Å². The van der Waals surface area contributed by atoms with Crippen LogP contribution in [0.5, 0.6) is 0 Å². The second-order valence-electron chi connectivity index (χ2n) is 14.6. The lowest BCUT2D eigenvalue weighted by molar-refractivity contribution is 0.669. The molecule has 0 fully saturated rings. The highest BCUT2D eigenvalue weighted by Gasteiger charge is 2.52. The van der Waals surface area contributed by atoms with Crippen molar-refractivity contribution < 1.29 is 4.42 Å². The molecular formula is C52H32N2O. The van der Waals surface area contributed by atoms with Gasteiger partial charge in [-0.25, -0.2) is 4.98 Å². The fourth-order valence-corrected chi connectivity index (χ4v) is 9.69. The highest BCUT2D eigenvalue weighted by atomic mass is 16.3. The minimum Gasteiger partial charge on any atom is -0.456 e. The van der Waals surface area contributed by atoms with Gasteiger partial charge in [0, 0.05) is 34.3 Å². The number of rotatable bonds is 4. The van der Waals surface area contributed by atoms with E-state index in [1.165, 1.54) is 66.4 Å². The summed E-state index contributed by atoms with van der Waals surface area (Å²) in [6.45, 7) is 0. The molecule has 3 nitrogen and oxygen atoms in total. The first-order chi connectivity index (χ1) is 27.3. The van der Waals surface area contributed by atoms with Crippen molar-refractivity contribution in [2.24, 2.45) is 0 Å². The highest BCUT2D eigenvalue weighted by Crippen LogP contribution is 2.64. The molecule has 0 bridgehead atoms. The molecule has 3 heteroatoms. The lowest BCUT2D eigenvalue weighted by Crippen LogP contribution is -2.26. The molecule has 0 saturated carbocycles. The lowest BCUT2D eigenvalue weighted by atomic mass is 9.70. The molecule has 0 radical (unpaired) electrons. The predicted molar refractivity (Wildman–Crippen MR) is 225 cm³/mol. The Balaban J connectivity index is 1.13. The number of benzene rings is 8. The molecule has 55 heavy (non-hydrogen) atoms. The van der Waals surface area contributed by atoms with Crippen LogP contribution in [0.25, 0.3) is 66.1 Å². The maximum Gasteiger partial charge on any atom is 0.141 e. The SMILES string of the molecule is c1ccc(-c2ccc(N(c3cc4oc5ccc6ccccc6c5c4cn3)c3cccc4c3-c3ccccc3C43c4ccccc4-c4ccccc43)cc2)cc1. The summed E-state index contributed by atoms with van der Waals surface area (Å²) in [5.41, 5.74) is 16.0. The molecule has 0 N–H and O–H groups in total. The Bertz CT molecular complexity index is 3110. The van der Waals surface area contributed by atoms with Gasteiger partial charge in [-0.15, -0.1) is 0 Å². The number of fused-ring (bicyclic) bond motifs is 15. The van der Waals surface area contributed by atoms with Gasteiger partial charge in [0.2, 0.25) is 0 Å². The Hall–Kier alpha value is -7.23. The summed E-state index contributed by atoms with van der Waals surface area (Å²) in [6, 6.07) is 68.0. The zero-order chi connectivity index (χ0) is 36.1. The van der Waals surface area contributed by atoms with Crippen molar-refractivity contribution in [2.75, 3.05) is 4.90 Å². The van der Waals surface area contributed by atoms with Crippen molar-refractivity contribution in [2.45, 2.75) is 5.41 Å². The van der Waals surface area contributed by atoms with Crippen molar-refractivity contribution in [1.29, 1.82) is 0 Å². The third kappa shape index (κ3) is 4.12. The zero-order valence-corrected chi connectivity index (χ0v) is 29.8. The van der Waals surface area contributed by atoms with E-state index < -0.39 is 5.41 Å². The normalized spacial score (nSPS) is 13.2. The number of furan rings is 1. The zero-order valence-electron chi connectivity index (χ0n) is 29.8. The fourth-order valence-electron chi connectivity index (χ4n) is 9.69. The van der Waals surface area contributed by atoms with Crippen LogP contribution in [0, 0.1) is 0 Å².